The van der Waals surface area contributed by atoms with Crippen LogP contribution in [-0.2, 0) is 42.8 Å². The molecule has 0 aliphatic heterocycles. The standard InChI is InChI=1S/C18H32O10/c1-7-23-12(4)26-15(19)10-18(22,17(21)28-14(6)25-9-3)11-16(20)27-13(5)24-8-2/h12-14,22H,7-11H2,1-6H3. The zero-order valence-corrected chi connectivity index (χ0v) is 17.4. The summed E-state index contributed by atoms with van der Waals surface area (Å²) in [7, 11) is 0. The molecular formula is C18H32O10. The molecule has 28 heavy (non-hydrogen) atoms. The van der Waals surface area contributed by atoms with Gasteiger partial charge in [-0.3, -0.25) is 9.59 Å². The van der Waals surface area contributed by atoms with E-state index in [-0.39, 0.29) is 6.61 Å². The fraction of sp³-hybridized carbons (Fsp3) is 0.833. The Bertz CT molecular complexity index is 465. The number of hydrogen-bond donors (Lipinski definition) is 1. The second-order valence-corrected chi connectivity index (χ2v) is 5.84. The van der Waals surface area contributed by atoms with Gasteiger partial charge in [-0.2, -0.15) is 0 Å². The first-order valence-corrected chi connectivity index (χ1v) is 9.25. The summed E-state index contributed by atoms with van der Waals surface area (Å²) in [6, 6.07) is 0. The summed E-state index contributed by atoms with van der Waals surface area (Å²) in [5.74, 6) is -3.11. The van der Waals surface area contributed by atoms with Crippen molar-refractivity contribution in [1.29, 1.82) is 0 Å². The zero-order chi connectivity index (χ0) is 21.7. The van der Waals surface area contributed by atoms with Gasteiger partial charge in [-0.15, -0.1) is 0 Å². The number of rotatable bonds is 14. The van der Waals surface area contributed by atoms with Crippen molar-refractivity contribution in [3.63, 3.8) is 0 Å². The van der Waals surface area contributed by atoms with E-state index in [4.69, 9.17) is 28.4 Å². The zero-order valence-electron chi connectivity index (χ0n) is 17.4. The van der Waals surface area contributed by atoms with Crippen molar-refractivity contribution in [2.24, 2.45) is 0 Å². The molecule has 0 aliphatic carbocycles. The Morgan fingerprint density at radius 2 is 1.04 bits per heavy atom. The van der Waals surface area contributed by atoms with Crippen LogP contribution in [0.4, 0.5) is 0 Å². The van der Waals surface area contributed by atoms with Gasteiger partial charge in [0.05, 0.1) is 12.8 Å². The fourth-order valence-corrected chi connectivity index (χ4v) is 2.20. The maximum atomic E-state index is 12.4. The Kier molecular flexibility index (Phi) is 12.6. The molecule has 0 spiro atoms. The number of ether oxygens (including phenoxy) is 6. The number of hydrogen-bond acceptors (Lipinski definition) is 10. The normalized spacial score (nSPS) is 16.4. The maximum absolute atomic E-state index is 12.4. The van der Waals surface area contributed by atoms with E-state index in [9.17, 15) is 19.5 Å². The first-order chi connectivity index (χ1) is 13.1. The van der Waals surface area contributed by atoms with Crippen molar-refractivity contribution >= 4 is 17.9 Å². The van der Waals surface area contributed by atoms with Crippen LogP contribution in [0.25, 0.3) is 0 Å². The van der Waals surface area contributed by atoms with Gasteiger partial charge in [-0.1, -0.05) is 0 Å². The van der Waals surface area contributed by atoms with E-state index in [1.165, 1.54) is 20.8 Å². The molecule has 0 saturated carbocycles. The second-order valence-electron chi connectivity index (χ2n) is 5.84. The molecule has 0 aliphatic rings. The Balaban J connectivity index is 5.20. The predicted octanol–water partition coefficient (Wildman–Crippen LogP) is 1.27. The average molecular weight is 408 g/mol. The molecule has 164 valence electrons. The molecule has 0 bridgehead atoms. The number of aliphatic hydroxyl groups is 1. The lowest BCUT2D eigenvalue weighted by Crippen LogP contribution is -2.46. The van der Waals surface area contributed by atoms with Crippen molar-refractivity contribution in [3.05, 3.63) is 0 Å². The van der Waals surface area contributed by atoms with Gasteiger partial charge in [-0.25, -0.2) is 4.79 Å². The summed E-state index contributed by atoms with van der Waals surface area (Å²) in [6.07, 6.45) is -4.42. The third kappa shape index (κ3) is 10.5. The molecule has 0 aromatic heterocycles. The lowest BCUT2D eigenvalue weighted by Gasteiger charge is -2.27. The molecular weight excluding hydrogens is 376 g/mol. The van der Waals surface area contributed by atoms with Gasteiger partial charge in [0.2, 0.25) is 0 Å². The van der Waals surface area contributed by atoms with Crippen LogP contribution in [0.15, 0.2) is 0 Å². The Labute approximate surface area is 165 Å². The Morgan fingerprint density at radius 1 is 0.714 bits per heavy atom. The predicted molar refractivity (Wildman–Crippen MR) is 95.7 cm³/mol. The van der Waals surface area contributed by atoms with E-state index in [0.717, 1.165) is 0 Å². The highest BCUT2D eigenvalue weighted by molar-refractivity contribution is 5.90. The number of esters is 3. The van der Waals surface area contributed by atoms with E-state index in [1.54, 1.807) is 20.8 Å². The molecule has 0 radical (unpaired) electrons. The van der Waals surface area contributed by atoms with Crippen molar-refractivity contribution in [1.82, 2.24) is 0 Å². The topological polar surface area (TPSA) is 127 Å². The Hall–Kier alpha value is -1.75. The van der Waals surface area contributed by atoms with Crippen LogP contribution in [0.5, 0.6) is 0 Å². The minimum Gasteiger partial charge on any atom is -0.436 e. The van der Waals surface area contributed by atoms with Crippen LogP contribution < -0.4 is 0 Å². The van der Waals surface area contributed by atoms with Gasteiger partial charge < -0.3 is 33.5 Å². The third-order valence-electron chi connectivity index (χ3n) is 3.33. The van der Waals surface area contributed by atoms with Gasteiger partial charge in [0.25, 0.3) is 0 Å². The molecule has 0 aromatic rings. The molecule has 3 unspecified atom stereocenters. The van der Waals surface area contributed by atoms with Crippen molar-refractivity contribution < 1.29 is 47.9 Å². The summed E-state index contributed by atoms with van der Waals surface area (Å²) < 4.78 is 30.1. The van der Waals surface area contributed by atoms with Gasteiger partial charge in [0.15, 0.2) is 24.5 Å². The first kappa shape index (κ1) is 26.2. The van der Waals surface area contributed by atoms with E-state index in [2.05, 4.69) is 0 Å². The molecule has 0 rings (SSSR count). The summed E-state index contributed by atoms with van der Waals surface area (Å²) in [5.41, 5.74) is -2.50. The molecule has 0 amide bonds. The van der Waals surface area contributed by atoms with Crippen molar-refractivity contribution in [2.45, 2.75) is 78.9 Å². The van der Waals surface area contributed by atoms with E-state index in [1.807, 2.05) is 0 Å². The van der Waals surface area contributed by atoms with Crippen LogP contribution in [0.1, 0.15) is 54.4 Å². The van der Waals surface area contributed by atoms with Gasteiger partial charge in [0.1, 0.15) is 0 Å². The minimum atomic E-state index is -2.50. The van der Waals surface area contributed by atoms with Crippen molar-refractivity contribution in [2.75, 3.05) is 19.8 Å². The summed E-state index contributed by atoms with van der Waals surface area (Å²) in [6.45, 7) is 10.4. The maximum Gasteiger partial charge on any atom is 0.341 e. The largest absolute Gasteiger partial charge is 0.436 e. The fourth-order valence-electron chi connectivity index (χ4n) is 2.20. The Morgan fingerprint density at radius 3 is 1.36 bits per heavy atom. The highest BCUT2D eigenvalue weighted by atomic mass is 16.7. The summed E-state index contributed by atoms with van der Waals surface area (Å²) in [5, 5.41) is 10.7. The van der Waals surface area contributed by atoms with Gasteiger partial charge in [0, 0.05) is 19.8 Å². The molecule has 10 nitrogen and oxygen atoms in total. The van der Waals surface area contributed by atoms with Gasteiger partial charge >= 0.3 is 17.9 Å². The smallest absolute Gasteiger partial charge is 0.341 e. The van der Waals surface area contributed by atoms with Crippen LogP contribution in [0.2, 0.25) is 0 Å². The lowest BCUT2D eigenvalue weighted by atomic mass is 9.95. The van der Waals surface area contributed by atoms with Crippen LogP contribution in [0, 0.1) is 0 Å². The minimum absolute atomic E-state index is 0.259. The van der Waals surface area contributed by atoms with Crippen molar-refractivity contribution in [3.8, 4) is 0 Å². The van der Waals surface area contributed by atoms with E-state index < -0.39 is 55.2 Å². The monoisotopic (exact) mass is 408 g/mol. The van der Waals surface area contributed by atoms with Gasteiger partial charge in [-0.05, 0) is 41.5 Å². The quantitative estimate of drug-likeness (QED) is 0.255. The summed E-state index contributed by atoms with van der Waals surface area (Å²) in [4.78, 5) is 36.6. The molecule has 0 aromatic carbocycles. The van der Waals surface area contributed by atoms with E-state index >= 15 is 0 Å². The van der Waals surface area contributed by atoms with Crippen LogP contribution in [-0.4, -0.2) is 67.3 Å². The SMILES string of the molecule is CCOC(C)OC(=O)CC(O)(CC(=O)OC(C)OCC)C(=O)OC(C)OCC. The summed E-state index contributed by atoms with van der Waals surface area (Å²) >= 11 is 0. The average Bonchev–Trinajstić information content (AvgIpc) is 2.54. The molecule has 1 N–H and O–H groups in total. The highest BCUT2D eigenvalue weighted by Gasteiger charge is 2.44. The number of carbonyl (C=O) groups is 3. The molecule has 3 atom stereocenters. The first-order valence-electron chi connectivity index (χ1n) is 9.25. The van der Waals surface area contributed by atoms with E-state index in [0.29, 0.717) is 13.2 Å². The molecule has 0 fully saturated rings. The molecule has 0 saturated heterocycles. The molecule has 0 heterocycles. The number of carbonyl (C=O) groups excluding carboxylic acids is 3. The molecule has 10 heteroatoms. The highest BCUT2D eigenvalue weighted by Crippen LogP contribution is 2.22. The van der Waals surface area contributed by atoms with Crippen LogP contribution in [0.3, 0.4) is 0 Å². The lowest BCUT2D eigenvalue weighted by molar-refractivity contribution is -0.206. The van der Waals surface area contributed by atoms with Crippen LogP contribution >= 0.6 is 0 Å². The second kappa shape index (κ2) is 13.4. The third-order valence-corrected chi connectivity index (χ3v) is 3.33.